The summed E-state index contributed by atoms with van der Waals surface area (Å²) in [5.74, 6) is 0. The highest BCUT2D eigenvalue weighted by Crippen LogP contribution is 2.15. The van der Waals surface area contributed by atoms with E-state index in [0.717, 1.165) is 19.3 Å². The molecule has 1 rings (SSSR count). The Hall–Kier alpha value is -1.73. The van der Waals surface area contributed by atoms with Crippen molar-refractivity contribution in [1.82, 2.24) is 4.72 Å². The lowest BCUT2D eigenvalue weighted by Gasteiger charge is -2.06. The third-order valence-corrected chi connectivity index (χ3v) is 3.96. The quantitative estimate of drug-likeness (QED) is 0.343. The van der Waals surface area contributed by atoms with E-state index < -0.39 is 14.9 Å². The molecule has 104 valence electrons. The van der Waals surface area contributed by atoms with Crippen LogP contribution in [0.15, 0.2) is 41.8 Å². The molecule has 1 aromatic carbocycles. The number of unbranched alkanes of at least 4 members (excludes halogenated alkanes) is 2. The number of nitro groups is 1. The molecule has 0 unspecified atom stereocenters. The average molecular weight is 284 g/mol. The van der Waals surface area contributed by atoms with Gasteiger partial charge < -0.3 is 0 Å². The summed E-state index contributed by atoms with van der Waals surface area (Å²) in [4.78, 5) is 9.93. The molecule has 0 atom stereocenters. The highest BCUT2D eigenvalue weighted by molar-refractivity contribution is 7.89. The Morgan fingerprint density at radius 2 is 1.89 bits per heavy atom. The molecule has 0 aromatic heterocycles. The second-order valence-electron chi connectivity index (χ2n) is 3.93. The van der Waals surface area contributed by atoms with Crippen LogP contribution in [0.25, 0.3) is 0 Å². The van der Waals surface area contributed by atoms with Gasteiger partial charge in [-0.2, -0.15) is 0 Å². The number of rotatable bonds is 8. The van der Waals surface area contributed by atoms with Gasteiger partial charge in [-0.25, -0.2) is 13.1 Å². The molecule has 0 saturated carbocycles. The van der Waals surface area contributed by atoms with E-state index in [2.05, 4.69) is 11.3 Å². The summed E-state index contributed by atoms with van der Waals surface area (Å²) in [5.41, 5.74) is -0.134. The SMILES string of the molecule is C=CCCCCNS(=O)(=O)c1ccc([N+](=O)[O-])cc1. The number of nitrogens with one attached hydrogen (secondary N) is 1. The van der Waals surface area contributed by atoms with Crippen molar-refractivity contribution >= 4 is 15.7 Å². The van der Waals surface area contributed by atoms with E-state index in [1.54, 1.807) is 6.08 Å². The second kappa shape index (κ2) is 7.01. The molecule has 1 N–H and O–H groups in total. The van der Waals surface area contributed by atoms with Crippen molar-refractivity contribution in [3.63, 3.8) is 0 Å². The first kappa shape index (κ1) is 15.3. The lowest BCUT2D eigenvalue weighted by molar-refractivity contribution is -0.384. The van der Waals surface area contributed by atoms with Gasteiger partial charge in [0.15, 0.2) is 0 Å². The highest BCUT2D eigenvalue weighted by Gasteiger charge is 2.14. The Labute approximate surface area is 112 Å². The lowest BCUT2D eigenvalue weighted by atomic mass is 10.2. The minimum Gasteiger partial charge on any atom is -0.258 e. The van der Waals surface area contributed by atoms with E-state index in [1.165, 1.54) is 24.3 Å². The normalized spacial score (nSPS) is 11.2. The van der Waals surface area contributed by atoms with Gasteiger partial charge in [0, 0.05) is 18.7 Å². The fourth-order valence-electron chi connectivity index (χ4n) is 1.45. The maximum atomic E-state index is 11.8. The summed E-state index contributed by atoms with van der Waals surface area (Å²) >= 11 is 0. The van der Waals surface area contributed by atoms with Crippen LogP contribution >= 0.6 is 0 Å². The molecule has 7 heteroatoms. The average Bonchev–Trinajstić information content (AvgIpc) is 2.38. The zero-order chi connectivity index (χ0) is 14.3. The molecule has 0 bridgehead atoms. The minimum atomic E-state index is -3.59. The van der Waals surface area contributed by atoms with Gasteiger partial charge in [-0.05, 0) is 31.4 Å². The molecule has 0 heterocycles. The monoisotopic (exact) mass is 284 g/mol. The third-order valence-electron chi connectivity index (χ3n) is 2.48. The topological polar surface area (TPSA) is 89.3 Å². The van der Waals surface area contributed by atoms with Crippen LogP contribution < -0.4 is 4.72 Å². The van der Waals surface area contributed by atoms with Crippen molar-refractivity contribution in [2.24, 2.45) is 0 Å². The zero-order valence-corrected chi connectivity index (χ0v) is 11.2. The Morgan fingerprint density at radius 3 is 2.42 bits per heavy atom. The molecule has 6 nitrogen and oxygen atoms in total. The number of benzene rings is 1. The first-order valence-corrected chi connectivity index (χ1v) is 7.30. The van der Waals surface area contributed by atoms with Gasteiger partial charge in [-0.1, -0.05) is 6.08 Å². The molecular weight excluding hydrogens is 268 g/mol. The maximum Gasteiger partial charge on any atom is 0.269 e. The summed E-state index contributed by atoms with van der Waals surface area (Å²) in [7, 11) is -3.59. The van der Waals surface area contributed by atoms with Crippen molar-refractivity contribution in [2.45, 2.75) is 24.2 Å². The summed E-state index contributed by atoms with van der Waals surface area (Å²) < 4.78 is 26.1. The van der Waals surface area contributed by atoms with Crippen molar-refractivity contribution in [2.75, 3.05) is 6.54 Å². The number of nitrogens with zero attached hydrogens (tertiary/aromatic N) is 1. The summed E-state index contributed by atoms with van der Waals surface area (Å²) in [6, 6.07) is 4.80. The van der Waals surface area contributed by atoms with Crippen LogP contribution in [-0.4, -0.2) is 19.9 Å². The van der Waals surface area contributed by atoms with Crippen molar-refractivity contribution in [3.05, 3.63) is 47.0 Å². The number of sulfonamides is 1. The standard InChI is InChI=1S/C12H16N2O4S/c1-2-3-4-5-10-13-19(17,18)12-8-6-11(7-9-12)14(15)16/h2,6-9,13H,1,3-5,10H2. The van der Waals surface area contributed by atoms with Crippen LogP contribution in [0, 0.1) is 10.1 Å². The molecule has 19 heavy (non-hydrogen) atoms. The van der Waals surface area contributed by atoms with Gasteiger partial charge in [-0.3, -0.25) is 10.1 Å². The first-order chi connectivity index (χ1) is 8.97. The van der Waals surface area contributed by atoms with Gasteiger partial charge in [-0.15, -0.1) is 6.58 Å². The smallest absolute Gasteiger partial charge is 0.258 e. The third kappa shape index (κ3) is 4.80. The number of allylic oxidation sites excluding steroid dienone is 1. The van der Waals surface area contributed by atoms with Gasteiger partial charge >= 0.3 is 0 Å². The van der Waals surface area contributed by atoms with E-state index in [4.69, 9.17) is 0 Å². The number of hydrogen-bond donors (Lipinski definition) is 1. The Kier molecular flexibility index (Phi) is 5.65. The van der Waals surface area contributed by atoms with Crippen LogP contribution in [0.5, 0.6) is 0 Å². The van der Waals surface area contributed by atoms with Gasteiger partial charge in [0.1, 0.15) is 0 Å². The van der Waals surface area contributed by atoms with Crippen LogP contribution in [0.2, 0.25) is 0 Å². The predicted octanol–water partition coefficient (Wildman–Crippen LogP) is 2.23. The number of hydrogen-bond acceptors (Lipinski definition) is 4. The summed E-state index contributed by atoms with van der Waals surface area (Å²) in [6.45, 7) is 3.92. The van der Waals surface area contributed by atoms with Crippen molar-refractivity contribution < 1.29 is 13.3 Å². The molecule has 0 aliphatic carbocycles. The molecule has 0 spiro atoms. The number of non-ortho nitro benzene ring substituents is 1. The fraction of sp³-hybridized carbons (Fsp3) is 0.333. The molecule has 0 aliphatic heterocycles. The van der Waals surface area contributed by atoms with E-state index in [1.807, 2.05) is 0 Å². The Morgan fingerprint density at radius 1 is 1.26 bits per heavy atom. The van der Waals surface area contributed by atoms with E-state index in [0.29, 0.717) is 6.54 Å². The largest absolute Gasteiger partial charge is 0.269 e. The molecule has 0 saturated heterocycles. The van der Waals surface area contributed by atoms with Crippen LogP contribution in [0.1, 0.15) is 19.3 Å². The van der Waals surface area contributed by atoms with Gasteiger partial charge in [0.25, 0.3) is 5.69 Å². The molecule has 0 aliphatic rings. The van der Waals surface area contributed by atoms with Crippen molar-refractivity contribution in [1.29, 1.82) is 0 Å². The predicted molar refractivity (Wildman–Crippen MR) is 72.3 cm³/mol. The maximum absolute atomic E-state index is 11.8. The van der Waals surface area contributed by atoms with E-state index in [9.17, 15) is 18.5 Å². The lowest BCUT2D eigenvalue weighted by Crippen LogP contribution is -2.24. The Balaban J connectivity index is 2.61. The van der Waals surface area contributed by atoms with Crippen LogP contribution in [0.4, 0.5) is 5.69 Å². The van der Waals surface area contributed by atoms with Gasteiger partial charge in [0.05, 0.1) is 9.82 Å². The van der Waals surface area contributed by atoms with Crippen molar-refractivity contribution in [3.8, 4) is 0 Å². The minimum absolute atomic E-state index is 0.0295. The summed E-state index contributed by atoms with van der Waals surface area (Å²) in [5, 5.41) is 10.5. The van der Waals surface area contributed by atoms with E-state index in [-0.39, 0.29) is 10.6 Å². The Bertz CT molecular complexity index is 537. The van der Waals surface area contributed by atoms with Crippen LogP contribution in [-0.2, 0) is 10.0 Å². The first-order valence-electron chi connectivity index (χ1n) is 5.82. The second-order valence-corrected chi connectivity index (χ2v) is 5.70. The zero-order valence-electron chi connectivity index (χ0n) is 10.4. The van der Waals surface area contributed by atoms with Gasteiger partial charge in [0.2, 0.25) is 10.0 Å². The van der Waals surface area contributed by atoms with Crippen LogP contribution in [0.3, 0.4) is 0 Å². The number of nitro benzene ring substituents is 1. The molecule has 0 radical (unpaired) electrons. The summed E-state index contributed by atoms with van der Waals surface area (Å²) in [6.07, 6.45) is 4.22. The highest BCUT2D eigenvalue weighted by atomic mass is 32.2. The molecular formula is C12H16N2O4S. The fourth-order valence-corrected chi connectivity index (χ4v) is 2.52. The molecule has 0 amide bonds. The molecule has 0 fully saturated rings. The molecule has 1 aromatic rings. The van der Waals surface area contributed by atoms with E-state index >= 15 is 0 Å².